The maximum absolute atomic E-state index is 9.06. The average Bonchev–Trinajstić information content (AvgIpc) is 2.38. The number of hydrogen-bond acceptors (Lipinski definition) is 3. The van der Waals surface area contributed by atoms with Gasteiger partial charge in [-0.1, -0.05) is 41.7 Å². The van der Waals surface area contributed by atoms with Crippen molar-refractivity contribution < 1.29 is 5.11 Å². The first-order valence-electron chi connectivity index (χ1n) is 6.23. The van der Waals surface area contributed by atoms with Crippen molar-refractivity contribution in [3.05, 3.63) is 35.7 Å². The van der Waals surface area contributed by atoms with Gasteiger partial charge in [0.15, 0.2) is 0 Å². The third-order valence-electron chi connectivity index (χ3n) is 2.93. The van der Waals surface area contributed by atoms with E-state index in [1.165, 1.54) is 11.1 Å². The molecule has 0 fully saturated rings. The van der Waals surface area contributed by atoms with E-state index in [0.717, 1.165) is 23.2 Å². The lowest BCUT2D eigenvalue weighted by Crippen LogP contribution is -2.28. The number of hydrogen-bond donors (Lipinski definition) is 1. The number of aryl methyl sites for hydroxylation is 1. The van der Waals surface area contributed by atoms with Crippen molar-refractivity contribution in [3.8, 4) is 0 Å². The molecule has 1 heterocycles. The highest BCUT2D eigenvalue weighted by atomic mass is 127. The number of aromatic nitrogens is 1. The predicted octanol–water partition coefficient (Wildman–Crippen LogP) is 2.52. The molecule has 0 saturated carbocycles. The molecule has 0 radical (unpaired) electrons. The minimum Gasteiger partial charge on any atom is -0.395 e. The van der Waals surface area contributed by atoms with E-state index < -0.39 is 0 Å². The lowest BCUT2D eigenvalue weighted by molar-refractivity contribution is 0.216. The smallest absolute Gasteiger partial charge is 0.0558 e. The van der Waals surface area contributed by atoms with E-state index >= 15 is 0 Å². The molecule has 18 heavy (non-hydrogen) atoms. The van der Waals surface area contributed by atoms with E-state index in [0.29, 0.717) is 6.54 Å². The SMILES string of the molecule is CCN(CCO)C/C(=C/CI)c1cccnc1C. The van der Waals surface area contributed by atoms with Gasteiger partial charge in [-0.15, -0.1) is 0 Å². The number of halogens is 1. The molecule has 1 N–H and O–H groups in total. The van der Waals surface area contributed by atoms with E-state index in [2.05, 4.69) is 51.5 Å². The zero-order chi connectivity index (χ0) is 13.4. The molecule has 0 aromatic carbocycles. The molecule has 0 saturated heterocycles. The van der Waals surface area contributed by atoms with Crippen LogP contribution < -0.4 is 0 Å². The molecule has 1 aromatic rings. The van der Waals surface area contributed by atoms with Crippen LogP contribution in [0, 0.1) is 6.92 Å². The zero-order valence-corrected chi connectivity index (χ0v) is 13.2. The Morgan fingerprint density at radius 1 is 1.56 bits per heavy atom. The standard InChI is InChI=1S/C14H21IN2O/c1-3-17(9-10-18)11-13(6-7-15)14-5-4-8-16-12(14)2/h4-6,8,18H,3,7,9-11H2,1-2H3/b13-6-. The van der Waals surface area contributed by atoms with Crippen molar-refractivity contribution in [1.82, 2.24) is 9.88 Å². The largest absolute Gasteiger partial charge is 0.395 e. The van der Waals surface area contributed by atoms with Gasteiger partial charge in [0.1, 0.15) is 0 Å². The highest BCUT2D eigenvalue weighted by molar-refractivity contribution is 14.1. The van der Waals surface area contributed by atoms with Crippen LogP contribution in [-0.4, -0.2) is 45.7 Å². The summed E-state index contributed by atoms with van der Waals surface area (Å²) in [6, 6.07) is 4.10. The fraction of sp³-hybridized carbons (Fsp3) is 0.500. The Kier molecular flexibility index (Phi) is 7.46. The minimum absolute atomic E-state index is 0.206. The number of alkyl halides is 1. The van der Waals surface area contributed by atoms with Crippen LogP contribution in [0.5, 0.6) is 0 Å². The van der Waals surface area contributed by atoms with Crippen molar-refractivity contribution >= 4 is 28.2 Å². The van der Waals surface area contributed by atoms with Crippen LogP contribution in [0.1, 0.15) is 18.2 Å². The molecule has 4 heteroatoms. The number of allylic oxidation sites excluding steroid dienone is 1. The highest BCUT2D eigenvalue weighted by Gasteiger charge is 2.09. The Hall–Kier alpha value is -0.460. The van der Waals surface area contributed by atoms with Gasteiger partial charge in [0.2, 0.25) is 0 Å². The molecule has 0 bridgehead atoms. The lowest BCUT2D eigenvalue weighted by Gasteiger charge is -2.21. The van der Waals surface area contributed by atoms with E-state index in [1.807, 2.05) is 19.2 Å². The van der Waals surface area contributed by atoms with E-state index in [9.17, 15) is 0 Å². The fourth-order valence-corrected chi connectivity index (χ4v) is 2.44. The molecule has 0 aliphatic carbocycles. The number of pyridine rings is 1. The molecule has 0 atom stereocenters. The van der Waals surface area contributed by atoms with Crippen molar-refractivity contribution in [2.75, 3.05) is 30.7 Å². The van der Waals surface area contributed by atoms with Crippen LogP contribution in [0.3, 0.4) is 0 Å². The molecule has 0 spiro atoms. The van der Waals surface area contributed by atoms with Gasteiger partial charge in [0, 0.05) is 29.4 Å². The van der Waals surface area contributed by atoms with Gasteiger partial charge in [-0.25, -0.2) is 0 Å². The quantitative estimate of drug-likeness (QED) is 0.600. The lowest BCUT2D eigenvalue weighted by atomic mass is 10.0. The van der Waals surface area contributed by atoms with E-state index in [-0.39, 0.29) is 6.61 Å². The van der Waals surface area contributed by atoms with E-state index in [1.54, 1.807) is 0 Å². The maximum Gasteiger partial charge on any atom is 0.0558 e. The number of aliphatic hydroxyl groups excluding tert-OH is 1. The molecule has 3 nitrogen and oxygen atoms in total. The summed E-state index contributed by atoms with van der Waals surface area (Å²) in [5.74, 6) is 0. The molecule has 1 rings (SSSR count). The summed E-state index contributed by atoms with van der Waals surface area (Å²) >= 11 is 2.36. The van der Waals surface area contributed by atoms with Crippen molar-refractivity contribution in [3.63, 3.8) is 0 Å². The minimum atomic E-state index is 0.206. The first kappa shape index (κ1) is 15.6. The summed E-state index contributed by atoms with van der Waals surface area (Å²) in [5, 5.41) is 9.06. The summed E-state index contributed by atoms with van der Waals surface area (Å²) in [4.78, 5) is 6.59. The van der Waals surface area contributed by atoms with Gasteiger partial charge in [0.05, 0.1) is 6.61 Å². The monoisotopic (exact) mass is 360 g/mol. The number of nitrogens with zero attached hydrogens (tertiary/aromatic N) is 2. The zero-order valence-electron chi connectivity index (χ0n) is 11.1. The second-order valence-corrected chi connectivity index (χ2v) is 4.99. The van der Waals surface area contributed by atoms with Crippen molar-refractivity contribution in [2.45, 2.75) is 13.8 Å². The Morgan fingerprint density at radius 3 is 2.89 bits per heavy atom. The van der Waals surface area contributed by atoms with Gasteiger partial charge in [-0.3, -0.25) is 9.88 Å². The summed E-state index contributed by atoms with van der Waals surface area (Å²) in [6.07, 6.45) is 4.07. The van der Waals surface area contributed by atoms with Crippen LogP contribution in [0.4, 0.5) is 0 Å². The molecular weight excluding hydrogens is 339 g/mol. The Balaban J connectivity index is 2.90. The Morgan fingerprint density at radius 2 is 2.33 bits per heavy atom. The first-order valence-corrected chi connectivity index (χ1v) is 7.75. The van der Waals surface area contributed by atoms with Crippen LogP contribution >= 0.6 is 22.6 Å². The second kappa shape index (κ2) is 8.61. The third-order valence-corrected chi connectivity index (χ3v) is 3.37. The fourth-order valence-electron chi connectivity index (χ4n) is 1.91. The predicted molar refractivity (Wildman–Crippen MR) is 85.0 cm³/mol. The average molecular weight is 360 g/mol. The van der Waals surface area contributed by atoms with Crippen molar-refractivity contribution in [1.29, 1.82) is 0 Å². The van der Waals surface area contributed by atoms with Crippen LogP contribution in [0.15, 0.2) is 24.4 Å². The molecule has 0 aliphatic heterocycles. The molecule has 0 amide bonds. The maximum atomic E-state index is 9.06. The Bertz CT molecular complexity index is 393. The first-order chi connectivity index (χ1) is 8.72. The second-order valence-electron chi connectivity index (χ2n) is 4.11. The topological polar surface area (TPSA) is 36.4 Å². The number of aliphatic hydroxyl groups is 1. The van der Waals surface area contributed by atoms with Gasteiger partial charge in [-0.05, 0) is 30.7 Å². The molecule has 100 valence electrons. The number of rotatable bonds is 7. The van der Waals surface area contributed by atoms with Crippen molar-refractivity contribution in [2.24, 2.45) is 0 Å². The summed E-state index contributed by atoms with van der Waals surface area (Å²) < 4.78 is 0.984. The van der Waals surface area contributed by atoms with Crippen LogP contribution in [-0.2, 0) is 0 Å². The van der Waals surface area contributed by atoms with E-state index in [4.69, 9.17) is 5.11 Å². The number of likely N-dealkylation sites (N-methyl/N-ethyl adjacent to an activating group) is 1. The summed E-state index contributed by atoms with van der Waals surface area (Å²) in [5.41, 5.74) is 3.57. The summed E-state index contributed by atoms with van der Waals surface area (Å²) in [6.45, 7) is 6.89. The van der Waals surface area contributed by atoms with Gasteiger partial charge in [-0.2, -0.15) is 0 Å². The molecule has 0 unspecified atom stereocenters. The Labute approximate surface area is 123 Å². The molecule has 1 aromatic heterocycles. The molecule has 0 aliphatic rings. The van der Waals surface area contributed by atoms with Gasteiger partial charge < -0.3 is 5.11 Å². The van der Waals surface area contributed by atoms with Gasteiger partial charge in [0.25, 0.3) is 0 Å². The highest BCUT2D eigenvalue weighted by Crippen LogP contribution is 2.18. The molecular formula is C14H21IN2O. The van der Waals surface area contributed by atoms with Gasteiger partial charge >= 0.3 is 0 Å². The third kappa shape index (κ3) is 4.66. The van der Waals surface area contributed by atoms with Crippen LogP contribution in [0.25, 0.3) is 5.57 Å². The summed E-state index contributed by atoms with van der Waals surface area (Å²) in [7, 11) is 0. The van der Waals surface area contributed by atoms with Crippen LogP contribution in [0.2, 0.25) is 0 Å². The normalized spacial score (nSPS) is 12.2.